The molecule has 1 aliphatic carbocycles. The molecule has 162 valence electrons. The molecule has 0 spiro atoms. The maximum absolute atomic E-state index is 14.7. The molecule has 1 aromatic carbocycles. The van der Waals surface area contributed by atoms with E-state index in [0.717, 1.165) is 31.7 Å². The highest BCUT2D eigenvalue weighted by Gasteiger charge is 2.39. The van der Waals surface area contributed by atoms with E-state index >= 15 is 0 Å². The summed E-state index contributed by atoms with van der Waals surface area (Å²) in [5, 5.41) is 2.57. The standard InChI is InChI=1S/C21H24BFN4O3S/c1-12-20(26-19-7-6-17(10-18(19)23)31(28,29)16-4-5-16)24-11-25-21(12)30-15-8-13-2-3-14(9-15)27(13)22/h6-7,10-11,13-16H,2-5,8-9H2,1H3,(H,24,25,26)/t13-,14?,15?/m0/s1. The van der Waals surface area contributed by atoms with Gasteiger partial charge < -0.3 is 14.9 Å². The van der Waals surface area contributed by atoms with Crippen LogP contribution in [0.1, 0.15) is 44.1 Å². The molecule has 2 saturated heterocycles. The molecule has 0 amide bonds. The average molecular weight is 442 g/mol. The van der Waals surface area contributed by atoms with Gasteiger partial charge in [0.2, 0.25) is 5.88 Å². The first-order valence-corrected chi connectivity index (χ1v) is 12.2. The number of anilines is 2. The molecule has 3 heterocycles. The van der Waals surface area contributed by atoms with Gasteiger partial charge >= 0.3 is 0 Å². The van der Waals surface area contributed by atoms with Gasteiger partial charge in [0, 0.05) is 12.1 Å². The van der Waals surface area contributed by atoms with Crippen LogP contribution in [0.3, 0.4) is 0 Å². The van der Waals surface area contributed by atoms with Crippen molar-refractivity contribution in [2.45, 2.75) is 73.8 Å². The Balaban J connectivity index is 1.32. The van der Waals surface area contributed by atoms with Crippen LogP contribution < -0.4 is 10.1 Å². The van der Waals surface area contributed by atoms with E-state index in [1.54, 1.807) is 0 Å². The van der Waals surface area contributed by atoms with E-state index in [1.165, 1.54) is 18.5 Å². The molecule has 3 fully saturated rings. The third kappa shape index (κ3) is 3.91. The topological polar surface area (TPSA) is 84.4 Å². The Morgan fingerprint density at radius 3 is 2.52 bits per heavy atom. The Hall–Kier alpha value is -2.20. The van der Waals surface area contributed by atoms with Crippen LogP contribution in [0, 0.1) is 12.7 Å². The van der Waals surface area contributed by atoms with Crippen LogP contribution in [0.15, 0.2) is 29.4 Å². The van der Waals surface area contributed by atoms with Gasteiger partial charge in [-0.15, -0.1) is 0 Å². The minimum atomic E-state index is -3.44. The van der Waals surface area contributed by atoms with E-state index in [1.807, 2.05) is 11.7 Å². The molecule has 5 rings (SSSR count). The molecule has 10 heteroatoms. The summed E-state index contributed by atoms with van der Waals surface area (Å²) < 4.78 is 45.5. The van der Waals surface area contributed by atoms with Gasteiger partial charge in [-0.1, -0.05) is 0 Å². The quantitative estimate of drug-likeness (QED) is 0.689. The van der Waals surface area contributed by atoms with Gasteiger partial charge in [0.25, 0.3) is 0 Å². The summed E-state index contributed by atoms with van der Waals surface area (Å²) >= 11 is 0. The lowest BCUT2D eigenvalue weighted by Gasteiger charge is -2.36. The highest BCUT2D eigenvalue weighted by molar-refractivity contribution is 7.92. The van der Waals surface area contributed by atoms with Gasteiger partial charge in [-0.2, -0.15) is 0 Å². The van der Waals surface area contributed by atoms with E-state index in [4.69, 9.17) is 12.7 Å². The number of piperidine rings is 1. The molecule has 2 bridgehead atoms. The summed E-state index contributed by atoms with van der Waals surface area (Å²) in [6.45, 7) is 1.81. The van der Waals surface area contributed by atoms with Gasteiger partial charge in [-0.25, -0.2) is 22.8 Å². The number of benzene rings is 1. The first-order valence-electron chi connectivity index (χ1n) is 10.6. The first-order chi connectivity index (χ1) is 14.8. The number of fused-ring (bicyclic) bond motifs is 2. The number of hydrogen-bond donors (Lipinski definition) is 1. The number of sulfone groups is 1. The monoisotopic (exact) mass is 442 g/mol. The Bertz CT molecular complexity index is 1100. The summed E-state index contributed by atoms with van der Waals surface area (Å²) in [4.78, 5) is 10.5. The average Bonchev–Trinajstić information content (AvgIpc) is 3.56. The summed E-state index contributed by atoms with van der Waals surface area (Å²) in [6.07, 6.45) is 6.56. The van der Waals surface area contributed by atoms with Crippen LogP contribution in [-0.2, 0) is 9.84 Å². The van der Waals surface area contributed by atoms with Crippen molar-refractivity contribution in [1.82, 2.24) is 14.8 Å². The Kier molecular flexibility index (Phi) is 5.17. The number of ether oxygens (including phenoxy) is 1. The van der Waals surface area contributed by atoms with Gasteiger partial charge in [-0.05, 0) is 63.6 Å². The van der Waals surface area contributed by atoms with Crippen LogP contribution >= 0.6 is 0 Å². The zero-order valence-corrected chi connectivity index (χ0v) is 18.1. The molecule has 3 aliphatic rings. The van der Waals surface area contributed by atoms with Gasteiger partial charge in [0.1, 0.15) is 24.1 Å². The smallest absolute Gasteiger partial charge is 0.221 e. The second-order valence-electron chi connectivity index (χ2n) is 8.71. The largest absolute Gasteiger partial charge is 0.474 e. The summed E-state index contributed by atoms with van der Waals surface area (Å²) in [6, 6.07) is 4.61. The van der Waals surface area contributed by atoms with Crippen molar-refractivity contribution < 1.29 is 17.5 Å². The maximum Gasteiger partial charge on any atom is 0.221 e. The second kappa shape index (κ2) is 7.74. The van der Waals surface area contributed by atoms with Crippen LogP contribution in [0.2, 0.25) is 0 Å². The van der Waals surface area contributed by atoms with E-state index in [2.05, 4.69) is 15.3 Å². The van der Waals surface area contributed by atoms with E-state index in [-0.39, 0.29) is 21.9 Å². The summed E-state index contributed by atoms with van der Waals surface area (Å²) in [5.74, 6) is 0.232. The number of aromatic nitrogens is 2. The second-order valence-corrected chi connectivity index (χ2v) is 10.9. The first kappa shape index (κ1) is 20.7. The lowest BCUT2D eigenvalue weighted by Crippen LogP contribution is -2.44. The minimum absolute atomic E-state index is 0.0161. The van der Waals surface area contributed by atoms with Crippen LogP contribution in [0.5, 0.6) is 5.88 Å². The third-order valence-corrected chi connectivity index (χ3v) is 8.81. The Morgan fingerprint density at radius 1 is 1.16 bits per heavy atom. The molecule has 2 aliphatic heterocycles. The van der Waals surface area contributed by atoms with E-state index in [9.17, 15) is 12.8 Å². The van der Waals surface area contributed by atoms with Crippen LogP contribution in [0.4, 0.5) is 15.9 Å². The molecule has 1 N–H and O–H groups in total. The highest BCUT2D eigenvalue weighted by Crippen LogP contribution is 2.37. The van der Waals surface area contributed by atoms with Crippen molar-refractivity contribution in [3.05, 3.63) is 35.9 Å². The lowest BCUT2D eigenvalue weighted by molar-refractivity contribution is 0.0922. The van der Waals surface area contributed by atoms with Gasteiger partial charge in [0.15, 0.2) is 17.8 Å². The molecule has 31 heavy (non-hydrogen) atoms. The fourth-order valence-corrected chi connectivity index (χ4v) is 6.24. The minimum Gasteiger partial charge on any atom is -0.474 e. The number of hydrogen-bond acceptors (Lipinski definition) is 7. The summed E-state index contributed by atoms with van der Waals surface area (Å²) in [5.41, 5.74) is 0.816. The number of nitrogens with zero attached hydrogens (tertiary/aromatic N) is 3. The molecule has 1 saturated carbocycles. The molecule has 2 aromatic rings. The van der Waals surface area contributed by atoms with Crippen LogP contribution in [-0.4, -0.2) is 54.6 Å². The zero-order chi connectivity index (χ0) is 21.8. The van der Waals surface area contributed by atoms with Crippen molar-refractivity contribution in [3.63, 3.8) is 0 Å². The molecule has 2 radical (unpaired) electrons. The number of rotatable bonds is 6. The van der Waals surface area contributed by atoms with Crippen molar-refractivity contribution in [1.29, 1.82) is 0 Å². The predicted octanol–water partition coefficient (Wildman–Crippen LogP) is 3.06. The predicted molar refractivity (Wildman–Crippen MR) is 115 cm³/mol. The van der Waals surface area contributed by atoms with Crippen molar-refractivity contribution >= 4 is 29.3 Å². The third-order valence-electron chi connectivity index (χ3n) is 6.55. The molecule has 7 nitrogen and oxygen atoms in total. The van der Waals surface area contributed by atoms with Crippen molar-refractivity contribution in [3.8, 4) is 5.88 Å². The maximum atomic E-state index is 14.7. The van der Waals surface area contributed by atoms with E-state index < -0.39 is 15.7 Å². The molecule has 2 unspecified atom stereocenters. The number of halogens is 1. The van der Waals surface area contributed by atoms with Crippen molar-refractivity contribution in [2.24, 2.45) is 0 Å². The van der Waals surface area contributed by atoms with Crippen LogP contribution in [0.25, 0.3) is 0 Å². The molecule has 3 atom stereocenters. The highest BCUT2D eigenvalue weighted by atomic mass is 32.2. The fourth-order valence-electron chi connectivity index (χ4n) is 4.57. The molecular weight excluding hydrogens is 418 g/mol. The summed E-state index contributed by atoms with van der Waals surface area (Å²) in [7, 11) is 2.68. The van der Waals surface area contributed by atoms with Crippen molar-refractivity contribution in [2.75, 3.05) is 5.32 Å². The van der Waals surface area contributed by atoms with E-state index in [0.29, 0.717) is 42.2 Å². The normalized spacial score (nSPS) is 26.1. The molecule has 1 aromatic heterocycles. The lowest BCUT2D eigenvalue weighted by atomic mass is 9.96. The van der Waals surface area contributed by atoms with Gasteiger partial charge in [-0.3, -0.25) is 0 Å². The SMILES string of the molecule is [B]N1C2CC[C@H]1CC(Oc1ncnc(Nc3ccc(S(=O)(=O)C4CC4)cc3F)c1C)C2. The number of nitrogens with one attached hydrogen (secondary N) is 1. The van der Waals surface area contributed by atoms with Gasteiger partial charge in [0.05, 0.1) is 21.4 Å². The molecular formula is C21H24BFN4O3S. The zero-order valence-electron chi connectivity index (χ0n) is 17.3. The Morgan fingerprint density at radius 2 is 1.87 bits per heavy atom. The Labute approximate surface area is 182 Å². The fraction of sp³-hybridized carbons (Fsp3) is 0.524.